The molecule has 2 amide bonds. The number of hydrogen-bond donors (Lipinski definition) is 1. The van der Waals surface area contributed by atoms with E-state index in [4.69, 9.17) is 4.74 Å². The van der Waals surface area contributed by atoms with Crippen molar-refractivity contribution < 1.29 is 14.3 Å². The maximum Gasteiger partial charge on any atom is 0.258 e. The second-order valence-electron chi connectivity index (χ2n) is 5.29. The molecule has 0 spiro atoms. The molecule has 0 aliphatic carbocycles. The molecular weight excluding hydrogens is 312 g/mol. The zero-order chi connectivity index (χ0) is 16.1. The van der Waals surface area contributed by atoms with Gasteiger partial charge in [-0.25, -0.2) is 0 Å². The van der Waals surface area contributed by atoms with E-state index in [1.165, 1.54) is 0 Å². The number of amides is 2. The van der Waals surface area contributed by atoms with Crippen molar-refractivity contribution in [3.8, 4) is 5.75 Å². The van der Waals surface area contributed by atoms with Gasteiger partial charge in [-0.15, -0.1) is 11.3 Å². The molecule has 1 aliphatic rings. The van der Waals surface area contributed by atoms with Crippen LogP contribution in [0.4, 0.5) is 5.69 Å². The highest BCUT2D eigenvalue weighted by molar-refractivity contribution is 7.09. The third kappa shape index (κ3) is 4.10. The van der Waals surface area contributed by atoms with Crippen molar-refractivity contribution in [1.82, 2.24) is 5.32 Å². The molecular formula is C17H18N2O3S. The standard InChI is InChI=1S/C17H18N2O3S/c20-16(18-11-15-6-3-9-23-15)12-22-14-5-1-4-13(10-14)19-8-2-7-17(19)21/h1,3-6,9-10H,2,7-8,11-12H2,(H,18,20). The van der Waals surface area contributed by atoms with Gasteiger partial charge in [-0.3, -0.25) is 9.59 Å². The Labute approximate surface area is 138 Å². The molecule has 23 heavy (non-hydrogen) atoms. The van der Waals surface area contributed by atoms with Crippen LogP contribution in [0.1, 0.15) is 17.7 Å². The lowest BCUT2D eigenvalue weighted by atomic mass is 10.3. The normalized spacial score (nSPS) is 14.1. The van der Waals surface area contributed by atoms with Gasteiger partial charge in [-0.1, -0.05) is 12.1 Å². The summed E-state index contributed by atoms with van der Waals surface area (Å²) in [6, 6.07) is 11.2. The fourth-order valence-corrected chi connectivity index (χ4v) is 3.11. The van der Waals surface area contributed by atoms with Crippen LogP contribution in [-0.4, -0.2) is 25.0 Å². The van der Waals surface area contributed by atoms with E-state index in [-0.39, 0.29) is 18.4 Å². The predicted octanol–water partition coefficient (Wildman–Crippen LogP) is 2.57. The average Bonchev–Trinajstić information content (AvgIpc) is 3.22. The number of benzene rings is 1. The summed E-state index contributed by atoms with van der Waals surface area (Å²) < 4.78 is 5.53. The first-order valence-electron chi connectivity index (χ1n) is 7.55. The fraction of sp³-hybridized carbons (Fsp3) is 0.294. The number of anilines is 1. The first kappa shape index (κ1) is 15.6. The number of rotatable bonds is 6. The Morgan fingerprint density at radius 3 is 2.96 bits per heavy atom. The minimum absolute atomic E-state index is 0.0389. The second-order valence-corrected chi connectivity index (χ2v) is 6.32. The van der Waals surface area contributed by atoms with Crippen LogP contribution in [0, 0.1) is 0 Å². The van der Waals surface area contributed by atoms with Crippen LogP contribution in [0.5, 0.6) is 5.75 Å². The summed E-state index contributed by atoms with van der Waals surface area (Å²) in [5.41, 5.74) is 0.823. The van der Waals surface area contributed by atoms with Gasteiger partial charge in [0.15, 0.2) is 6.61 Å². The molecule has 0 radical (unpaired) electrons. The average molecular weight is 330 g/mol. The van der Waals surface area contributed by atoms with E-state index in [0.717, 1.165) is 23.5 Å². The summed E-state index contributed by atoms with van der Waals surface area (Å²) in [6.07, 6.45) is 1.48. The molecule has 1 N–H and O–H groups in total. The molecule has 2 heterocycles. The van der Waals surface area contributed by atoms with Gasteiger partial charge in [0, 0.05) is 29.6 Å². The van der Waals surface area contributed by atoms with Gasteiger partial charge < -0.3 is 15.0 Å². The van der Waals surface area contributed by atoms with Gasteiger partial charge >= 0.3 is 0 Å². The number of thiophene rings is 1. The molecule has 1 saturated heterocycles. The van der Waals surface area contributed by atoms with Crippen LogP contribution in [0.2, 0.25) is 0 Å². The van der Waals surface area contributed by atoms with Gasteiger partial charge in [0.2, 0.25) is 5.91 Å². The van der Waals surface area contributed by atoms with E-state index in [0.29, 0.717) is 18.7 Å². The number of hydrogen-bond acceptors (Lipinski definition) is 4. The zero-order valence-electron chi connectivity index (χ0n) is 12.7. The van der Waals surface area contributed by atoms with Crippen molar-refractivity contribution in [3.63, 3.8) is 0 Å². The Morgan fingerprint density at radius 2 is 2.22 bits per heavy atom. The van der Waals surface area contributed by atoms with Crippen LogP contribution in [-0.2, 0) is 16.1 Å². The Kier molecular flexibility index (Phi) is 4.92. The SMILES string of the molecule is O=C(COc1cccc(N2CCCC2=O)c1)NCc1cccs1. The molecule has 120 valence electrons. The maximum absolute atomic E-state index is 11.8. The molecule has 6 heteroatoms. The van der Waals surface area contributed by atoms with Crippen LogP contribution in [0.15, 0.2) is 41.8 Å². The van der Waals surface area contributed by atoms with E-state index >= 15 is 0 Å². The smallest absolute Gasteiger partial charge is 0.258 e. The number of carbonyl (C=O) groups excluding carboxylic acids is 2. The van der Waals surface area contributed by atoms with Gasteiger partial charge in [-0.2, -0.15) is 0 Å². The second kappa shape index (κ2) is 7.28. The summed E-state index contributed by atoms with van der Waals surface area (Å²) in [4.78, 5) is 26.4. The molecule has 5 nitrogen and oxygen atoms in total. The lowest BCUT2D eigenvalue weighted by Crippen LogP contribution is -2.28. The van der Waals surface area contributed by atoms with Crippen molar-refractivity contribution in [1.29, 1.82) is 0 Å². The highest BCUT2D eigenvalue weighted by Gasteiger charge is 2.21. The van der Waals surface area contributed by atoms with E-state index in [1.807, 2.05) is 29.6 Å². The minimum atomic E-state index is -0.166. The van der Waals surface area contributed by atoms with E-state index in [2.05, 4.69) is 5.32 Å². The quantitative estimate of drug-likeness (QED) is 0.885. The third-order valence-electron chi connectivity index (χ3n) is 3.61. The van der Waals surface area contributed by atoms with Gasteiger partial charge in [0.05, 0.1) is 6.54 Å². The van der Waals surface area contributed by atoms with E-state index < -0.39 is 0 Å². The molecule has 1 fully saturated rings. The monoisotopic (exact) mass is 330 g/mol. The molecule has 0 bridgehead atoms. The van der Waals surface area contributed by atoms with Crippen LogP contribution in [0.25, 0.3) is 0 Å². The molecule has 3 rings (SSSR count). The first-order valence-corrected chi connectivity index (χ1v) is 8.42. The Hall–Kier alpha value is -2.34. The maximum atomic E-state index is 11.8. The number of ether oxygens (including phenoxy) is 1. The number of carbonyl (C=O) groups is 2. The van der Waals surface area contributed by atoms with Crippen molar-refractivity contribution in [2.75, 3.05) is 18.1 Å². The molecule has 0 saturated carbocycles. The van der Waals surface area contributed by atoms with Crippen LogP contribution >= 0.6 is 11.3 Å². The summed E-state index contributed by atoms with van der Waals surface area (Å²) in [5.74, 6) is 0.561. The van der Waals surface area contributed by atoms with Crippen molar-refractivity contribution >= 4 is 28.8 Å². The predicted molar refractivity (Wildman–Crippen MR) is 89.7 cm³/mol. The van der Waals surface area contributed by atoms with Crippen molar-refractivity contribution in [2.24, 2.45) is 0 Å². The topological polar surface area (TPSA) is 58.6 Å². The summed E-state index contributed by atoms with van der Waals surface area (Å²) >= 11 is 1.60. The lowest BCUT2D eigenvalue weighted by molar-refractivity contribution is -0.123. The molecule has 0 atom stereocenters. The Balaban J connectivity index is 1.51. The van der Waals surface area contributed by atoms with Crippen LogP contribution < -0.4 is 15.0 Å². The van der Waals surface area contributed by atoms with Gasteiger partial charge in [-0.05, 0) is 30.0 Å². The highest BCUT2D eigenvalue weighted by Crippen LogP contribution is 2.25. The van der Waals surface area contributed by atoms with Gasteiger partial charge in [0.25, 0.3) is 5.91 Å². The van der Waals surface area contributed by atoms with E-state index in [1.54, 1.807) is 28.4 Å². The summed E-state index contributed by atoms with van der Waals surface area (Å²) in [7, 11) is 0. The first-order chi connectivity index (χ1) is 11.2. The lowest BCUT2D eigenvalue weighted by Gasteiger charge is -2.16. The van der Waals surface area contributed by atoms with Crippen LogP contribution in [0.3, 0.4) is 0 Å². The molecule has 1 aromatic heterocycles. The molecule has 0 unspecified atom stereocenters. The van der Waals surface area contributed by atoms with Crippen molar-refractivity contribution in [3.05, 3.63) is 46.7 Å². The molecule has 1 aromatic carbocycles. The van der Waals surface area contributed by atoms with Gasteiger partial charge in [0.1, 0.15) is 5.75 Å². The number of nitrogens with zero attached hydrogens (tertiary/aromatic N) is 1. The highest BCUT2D eigenvalue weighted by atomic mass is 32.1. The fourth-order valence-electron chi connectivity index (χ4n) is 2.46. The molecule has 1 aliphatic heterocycles. The zero-order valence-corrected chi connectivity index (χ0v) is 13.5. The molecule has 2 aromatic rings. The minimum Gasteiger partial charge on any atom is -0.484 e. The Bertz CT molecular complexity index is 685. The third-order valence-corrected chi connectivity index (χ3v) is 4.49. The summed E-state index contributed by atoms with van der Waals surface area (Å²) in [6.45, 7) is 1.22. The Morgan fingerprint density at radius 1 is 1.30 bits per heavy atom. The van der Waals surface area contributed by atoms with Crippen molar-refractivity contribution in [2.45, 2.75) is 19.4 Å². The summed E-state index contributed by atoms with van der Waals surface area (Å²) in [5, 5.41) is 4.79. The largest absolute Gasteiger partial charge is 0.484 e. The van der Waals surface area contributed by atoms with E-state index in [9.17, 15) is 9.59 Å². The number of nitrogens with one attached hydrogen (secondary N) is 1.